The fourth-order valence-corrected chi connectivity index (χ4v) is 2.62. The van der Waals surface area contributed by atoms with Crippen LogP contribution in [-0.4, -0.2) is 47.0 Å². The van der Waals surface area contributed by atoms with Crippen LogP contribution in [0.1, 0.15) is 36.2 Å². The van der Waals surface area contributed by atoms with Crippen molar-refractivity contribution in [1.29, 1.82) is 0 Å². The van der Waals surface area contributed by atoms with E-state index in [-0.39, 0.29) is 5.91 Å². The van der Waals surface area contributed by atoms with Crippen LogP contribution in [0.15, 0.2) is 12.4 Å². The van der Waals surface area contributed by atoms with Gasteiger partial charge in [0.2, 0.25) is 0 Å². The highest BCUT2D eigenvalue weighted by Gasteiger charge is 2.21. The van der Waals surface area contributed by atoms with Crippen LogP contribution >= 0.6 is 0 Å². The molecule has 0 spiro atoms. The summed E-state index contributed by atoms with van der Waals surface area (Å²) in [7, 11) is 0. The minimum absolute atomic E-state index is 0.0213. The molecule has 0 atom stereocenters. The zero-order valence-corrected chi connectivity index (χ0v) is 10.5. The third-order valence-electron chi connectivity index (χ3n) is 3.68. The molecule has 3 heterocycles. The third kappa shape index (κ3) is 2.17. The number of rotatable bonds is 2. The van der Waals surface area contributed by atoms with Gasteiger partial charge in [-0.2, -0.15) is 0 Å². The standard InChI is InChI=1S/C13H18N4O/c18-13(17-7-3-4-8-17)11-9-15-12(10-14-11)16-5-1-2-6-16/h9-10H,1-8H2. The van der Waals surface area contributed by atoms with Crippen molar-refractivity contribution in [3.05, 3.63) is 18.1 Å². The molecule has 1 amide bonds. The number of carbonyl (C=O) groups excluding carboxylic acids is 1. The lowest BCUT2D eigenvalue weighted by molar-refractivity contribution is 0.0786. The van der Waals surface area contributed by atoms with Gasteiger partial charge < -0.3 is 9.80 Å². The predicted octanol–water partition coefficient (Wildman–Crippen LogP) is 1.31. The Morgan fingerprint density at radius 3 is 2.22 bits per heavy atom. The highest BCUT2D eigenvalue weighted by molar-refractivity contribution is 5.92. The van der Waals surface area contributed by atoms with E-state index in [1.807, 2.05) is 4.90 Å². The number of anilines is 1. The van der Waals surface area contributed by atoms with Crippen LogP contribution in [0.5, 0.6) is 0 Å². The van der Waals surface area contributed by atoms with Crippen LogP contribution in [0, 0.1) is 0 Å². The van der Waals surface area contributed by atoms with E-state index >= 15 is 0 Å². The van der Waals surface area contributed by atoms with Crippen LogP contribution in [0.25, 0.3) is 0 Å². The third-order valence-corrected chi connectivity index (χ3v) is 3.68. The number of hydrogen-bond acceptors (Lipinski definition) is 4. The maximum Gasteiger partial charge on any atom is 0.274 e. The van der Waals surface area contributed by atoms with E-state index in [2.05, 4.69) is 14.9 Å². The van der Waals surface area contributed by atoms with Gasteiger partial charge in [0.15, 0.2) is 0 Å². The van der Waals surface area contributed by atoms with Gasteiger partial charge in [0.25, 0.3) is 5.91 Å². The van der Waals surface area contributed by atoms with E-state index in [1.54, 1.807) is 12.4 Å². The van der Waals surface area contributed by atoms with Crippen molar-refractivity contribution < 1.29 is 4.79 Å². The number of nitrogens with zero attached hydrogens (tertiary/aromatic N) is 4. The molecule has 2 aliphatic rings. The maximum atomic E-state index is 12.1. The minimum Gasteiger partial charge on any atom is -0.355 e. The van der Waals surface area contributed by atoms with E-state index in [0.717, 1.165) is 44.8 Å². The molecule has 2 saturated heterocycles. The molecular formula is C13H18N4O. The van der Waals surface area contributed by atoms with Gasteiger partial charge >= 0.3 is 0 Å². The normalized spacial score (nSPS) is 19.6. The Labute approximate surface area is 107 Å². The van der Waals surface area contributed by atoms with Crippen LogP contribution in [0.4, 0.5) is 5.82 Å². The van der Waals surface area contributed by atoms with Crippen molar-refractivity contribution in [2.24, 2.45) is 0 Å². The molecule has 1 aromatic heterocycles. The van der Waals surface area contributed by atoms with Gasteiger partial charge in [0, 0.05) is 26.2 Å². The summed E-state index contributed by atoms with van der Waals surface area (Å²) in [6.45, 7) is 3.81. The largest absolute Gasteiger partial charge is 0.355 e. The molecule has 0 aliphatic carbocycles. The van der Waals surface area contributed by atoms with Crippen molar-refractivity contribution in [2.75, 3.05) is 31.1 Å². The van der Waals surface area contributed by atoms with E-state index < -0.39 is 0 Å². The summed E-state index contributed by atoms with van der Waals surface area (Å²) in [5.41, 5.74) is 0.472. The van der Waals surface area contributed by atoms with Crippen LogP contribution < -0.4 is 4.90 Å². The molecule has 3 rings (SSSR count). The van der Waals surface area contributed by atoms with E-state index in [4.69, 9.17) is 0 Å². The van der Waals surface area contributed by atoms with Crippen molar-refractivity contribution >= 4 is 11.7 Å². The Hall–Kier alpha value is -1.65. The molecule has 18 heavy (non-hydrogen) atoms. The predicted molar refractivity (Wildman–Crippen MR) is 68.6 cm³/mol. The number of likely N-dealkylation sites (tertiary alicyclic amines) is 1. The molecule has 2 fully saturated rings. The van der Waals surface area contributed by atoms with Crippen LogP contribution in [0.3, 0.4) is 0 Å². The van der Waals surface area contributed by atoms with Gasteiger partial charge in [-0.3, -0.25) is 4.79 Å². The summed E-state index contributed by atoms with van der Waals surface area (Å²) in [5.74, 6) is 0.915. The average Bonchev–Trinajstić information content (AvgIpc) is 3.11. The molecule has 0 bridgehead atoms. The van der Waals surface area contributed by atoms with Gasteiger partial charge in [-0.05, 0) is 25.7 Å². The second kappa shape index (κ2) is 4.92. The maximum absolute atomic E-state index is 12.1. The van der Waals surface area contributed by atoms with E-state index in [1.165, 1.54) is 12.8 Å². The first kappa shape index (κ1) is 11.4. The molecule has 5 nitrogen and oxygen atoms in total. The van der Waals surface area contributed by atoms with Crippen molar-refractivity contribution in [1.82, 2.24) is 14.9 Å². The molecule has 0 aromatic carbocycles. The fourth-order valence-electron chi connectivity index (χ4n) is 2.62. The lowest BCUT2D eigenvalue weighted by Gasteiger charge is -2.17. The Morgan fingerprint density at radius 1 is 0.944 bits per heavy atom. The number of hydrogen-bond donors (Lipinski definition) is 0. The summed E-state index contributed by atoms with van der Waals surface area (Å²) in [4.78, 5) is 24.8. The van der Waals surface area contributed by atoms with Gasteiger partial charge in [0.1, 0.15) is 11.5 Å². The quantitative estimate of drug-likeness (QED) is 0.789. The molecule has 5 heteroatoms. The van der Waals surface area contributed by atoms with E-state index in [0.29, 0.717) is 5.69 Å². The molecule has 1 aromatic rings. The molecule has 0 radical (unpaired) electrons. The van der Waals surface area contributed by atoms with Crippen LogP contribution in [-0.2, 0) is 0 Å². The van der Waals surface area contributed by atoms with Gasteiger partial charge in [-0.1, -0.05) is 0 Å². The molecule has 2 aliphatic heterocycles. The first-order valence-electron chi connectivity index (χ1n) is 6.71. The number of amides is 1. The Balaban J connectivity index is 1.71. The molecular weight excluding hydrogens is 228 g/mol. The average molecular weight is 246 g/mol. The summed E-state index contributed by atoms with van der Waals surface area (Å²) in [6, 6.07) is 0. The summed E-state index contributed by atoms with van der Waals surface area (Å²) in [6.07, 6.45) is 7.99. The van der Waals surface area contributed by atoms with Crippen molar-refractivity contribution in [3.63, 3.8) is 0 Å². The zero-order valence-electron chi connectivity index (χ0n) is 10.5. The Bertz CT molecular complexity index is 419. The SMILES string of the molecule is O=C(c1cnc(N2CCCC2)cn1)N1CCCC1. The number of aromatic nitrogens is 2. The summed E-state index contributed by atoms with van der Waals surface area (Å²) < 4.78 is 0. The first-order valence-corrected chi connectivity index (χ1v) is 6.71. The first-order chi connectivity index (χ1) is 8.84. The smallest absolute Gasteiger partial charge is 0.274 e. The van der Waals surface area contributed by atoms with Gasteiger partial charge in [0.05, 0.1) is 12.4 Å². The molecule has 0 unspecified atom stereocenters. The summed E-state index contributed by atoms with van der Waals surface area (Å²) in [5, 5.41) is 0. The second-order valence-electron chi connectivity index (χ2n) is 4.95. The monoisotopic (exact) mass is 246 g/mol. The lowest BCUT2D eigenvalue weighted by atomic mass is 10.4. The van der Waals surface area contributed by atoms with Gasteiger partial charge in [-0.25, -0.2) is 9.97 Å². The second-order valence-corrected chi connectivity index (χ2v) is 4.95. The Morgan fingerprint density at radius 2 is 1.61 bits per heavy atom. The molecule has 0 saturated carbocycles. The fraction of sp³-hybridized carbons (Fsp3) is 0.615. The summed E-state index contributed by atoms with van der Waals surface area (Å²) >= 11 is 0. The topological polar surface area (TPSA) is 49.3 Å². The van der Waals surface area contributed by atoms with Gasteiger partial charge in [-0.15, -0.1) is 0 Å². The Kier molecular flexibility index (Phi) is 3.13. The van der Waals surface area contributed by atoms with E-state index in [9.17, 15) is 4.79 Å². The highest BCUT2D eigenvalue weighted by Crippen LogP contribution is 2.17. The van der Waals surface area contributed by atoms with Crippen molar-refractivity contribution in [2.45, 2.75) is 25.7 Å². The zero-order chi connectivity index (χ0) is 12.4. The lowest BCUT2D eigenvalue weighted by Crippen LogP contribution is -2.28. The van der Waals surface area contributed by atoms with Crippen molar-refractivity contribution in [3.8, 4) is 0 Å². The highest BCUT2D eigenvalue weighted by atomic mass is 16.2. The molecule has 0 N–H and O–H groups in total. The molecule has 96 valence electrons. The minimum atomic E-state index is 0.0213. The van der Waals surface area contributed by atoms with Crippen LogP contribution in [0.2, 0.25) is 0 Å². The number of carbonyl (C=O) groups is 1.